The molecule has 0 saturated carbocycles. The number of amides is 1. The van der Waals surface area contributed by atoms with Crippen LogP contribution in [0, 0.1) is 0 Å². The van der Waals surface area contributed by atoms with Gasteiger partial charge in [0.05, 0.1) is 38.6 Å². The van der Waals surface area contributed by atoms with E-state index in [-0.39, 0.29) is 18.9 Å². The maximum atomic E-state index is 13.4. The standard InChI is InChI=1S/C75H135NO18/c1-3-5-7-9-11-13-15-17-19-21-23-24-25-26-27-28-29-30-31-32-33-34-35-37-39-41-43-45-47-49-51-53-63(81)76-58(59(80)52-50-48-46-44-42-40-38-36-22-20-18-16-14-12-10-8-6-4-2)57-89-73-69(87)66(84)71(61(55-78)91-73)94-75-70(88)67(85)72(62(56-79)92-75)93-74-68(86)65(83)64(82)60(54-77)90-74/h15,17,21-23,36,42,44,50,52,58-62,64-75,77-80,82-88H,3-14,16,18-20,24-35,37-41,43,45-49,51,53-57H2,1-2H3,(H,76,81)/b17-15-,23-21-,36-22+,44-42+,52-50+. The van der Waals surface area contributed by atoms with Crippen LogP contribution in [0.5, 0.6) is 0 Å². The van der Waals surface area contributed by atoms with Gasteiger partial charge in [0.15, 0.2) is 18.9 Å². The van der Waals surface area contributed by atoms with Gasteiger partial charge in [0.2, 0.25) is 5.91 Å². The fourth-order valence-electron chi connectivity index (χ4n) is 12.4. The van der Waals surface area contributed by atoms with Gasteiger partial charge in [-0.2, -0.15) is 0 Å². The Bertz CT molecular complexity index is 1940. The van der Waals surface area contributed by atoms with E-state index in [0.717, 1.165) is 51.4 Å². The fourth-order valence-corrected chi connectivity index (χ4v) is 12.4. The first-order valence-electron chi connectivity index (χ1n) is 37.5. The van der Waals surface area contributed by atoms with Crippen molar-refractivity contribution in [3.63, 3.8) is 0 Å². The van der Waals surface area contributed by atoms with Gasteiger partial charge in [0.25, 0.3) is 0 Å². The monoisotopic (exact) mass is 1340 g/mol. The van der Waals surface area contributed by atoms with E-state index in [4.69, 9.17) is 28.4 Å². The van der Waals surface area contributed by atoms with E-state index in [1.54, 1.807) is 6.08 Å². The van der Waals surface area contributed by atoms with E-state index < -0.39 is 124 Å². The number of hydrogen-bond donors (Lipinski definition) is 12. The van der Waals surface area contributed by atoms with E-state index in [9.17, 15) is 61.0 Å². The second-order valence-electron chi connectivity index (χ2n) is 26.7. The molecule has 548 valence electrons. The maximum Gasteiger partial charge on any atom is 0.220 e. The van der Waals surface area contributed by atoms with Crippen molar-refractivity contribution in [1.29, 1.82) is 0 Å². The molecular weight excluding hydrogens is 1200 g/mol. The number of ether oxygens (including phenoxy) is 6. The third-order valence-electron chi connectivity index (χ3n) is 18.5. The van der Waals surface area contributed by atoms with Crippen molar-refractivity contribution < 1.29 is 89.4 Å². The number of unbranched alkanes of at least 4 members (excludes halogenated alkanes) is 34. The van der Waals surface area contributed by atoms with Gasteiger partial charge in [-0.3, -0.25) is 4.79 Å². The molecule has 3 saturated heterocycles. The number of rotatable bonds is 58. The molecule has 1 amide bonds. The predicted octanol–water partition coefficient (Wildman–Crippen LogP) is 11.1. The Morgan fingerprint density at radius 1 is 0.383 bits per heavy atom. The fraction of sp³-hybridized carbons (Fsp3) is 0.853. The number of carbonyl (C=O) groups excluding carboxylic acids is 1. The first-order chi connectivity index (χ1) is 45.8. The van der Waals surface area contributed by atoms with Gasteiger partial charge in [-0.05, 0) is 77.0 Å². The van der Waals surface area contributed by atoms with Crippen LogP contribution in [-0.4, -0.2) is 193 Å². The summed E-state index contributed by atoms with van der Waals surface area (Å²) in [5, 5.41) is 121. The summed E-state index contributed by atoms with van der Waals surface area (Å²) in [7, 11) is 0. The average molecular weight is 1340 g/mol. The topological polar surface area (TPSA) is 307 Å². The lowest BCUT2D eigenvalue weighted by Crippen LogP contribution is -2.66. The Kier molecular flexibility index (Phi) is 51.3. The Morgan fingerprint density at radius 3 is 1.13 bits per heavy atom. The summed E-state index contributed by atoms with van der Waals surface area (Å²) in [6.07, 6.45) is 43.5. The Balaban J connectivity index is 1.39. The lowest BCUT2D eigenvalue weighted by Gasteiger charge is -2.48. The summed E-state index contributed by atoms with van der Waals surface area (Å²) in [6.45, 7) is 1.71. The number of aliphatic hydroxyl groups excluding tert-OH is 11. The third-order valence-corrected chi connectivity index (χ3v) is 18.5. The van der Waals surface area contributed by atoms with Crippen LogP contribution in [0.1, 0.15) is 277 Å². The average Bonchev–Trinajstić information content (AvgIpc) is 0.787. The minimum atomic E-state index is -1.98. The van der Waals surface area contributed by atoms with Gasteiger partial charge in [0, 0.05) is 6.42 Å². The minimum Gasteiger partial charge on any atom is -0.394 e. The molecule has 17 unspecified atom stereocenters. The molecule has 17 atom stereocenters. The van der Waals surface area contributed by atoms with Gasteiger partial charge in [0.1, 0.15) is 73.2 Å². The number of aliphatic hydroxyl groups is 11. The first kappa shape index (κ1) is 85.7. The molecule has 0 radical (unpaired) electrons. The highest BCUT2D eigenvalue weighted by Crippen LogP contribution is 2.33. The Morgan fingerprint density at radius 2 is 0.713 bits per heavy atom. The molecule has 0 aromatic carbocycles. The number of nitrogens with one attached hydrogen (secondary N) is 1. The van der Waals surface area contributed by atoms with E-state index in [1.165, 1.54) is 193 Å². The number of carbonyl (C=O) groups is 1. The van der Waals surface area contributed by atoms with Crippen molar-refractivity contribution >= 4 is 5.91 Å². The molecule has 3 aliphatic rings. The minimum absolute atomic E-state index is 0.233. The molecule has 19 nitrogen and oxygen atoms in total. The quantitative estimate of drug-likeness (QED) is 0.0199. The molecule has 12 N–H and O–H groups in total. The van der Waals surface area contributed by atoms with Crippen molar-refractivity contribution in [3.05, 3.63) is 60.8 Å². The molecule has 94 heavy (non-hydrogen) atoms. The Hall–Kier alpha value is -2.51. The molecule has 3 heterocycles. The molecule has 3 aliphatic heterocycles. The van der Waals surface area contributed by atoms with Gasteiger partial charge in [-0.15, -0.1) is 0 Å². The van der Waals surface area contributed by atoms with Crippen LogP contribution in [0.4, 0.5) is 0 Å². The van der Waals surface area contributed by atoms with E-state index >= 15 is 0 Å². The van der Waals surface area contributed by atoms with Gasteiger partial charge < -0.3 is 89.9 Å². The van der Waals surface area contributed by atoms with E-state index in [2.05, 4.69) is 67.8 Å². The summed E-state index contributed by atoms with van der Waals surface area (Å²) in [5.41, 5.74) is 0. The SMILES string of the molecule is CCCCCCC/C=C\C/C=C\CCCCCCCCCCCCCCCCCCCCCC(=O)NC(COC1OC(CO)C(OC2OC(CO)C(OC3OC(CO)C(O)C(O)C3O)C(O)C2O)C(O)C1O)C(O)/C=C/CC/C=C/CC/C=C/CCCCCCCCCC. The van der Waals surface area contributed by atoms with Crippen molar-refractivity contribution in [3.8, 4) is 0 Å². The highest BCUT2D eigenvalue weighted by molar-refractivity contribution is 5.76. The number of allylic oxidation sites excluding steroid dienone is 9. The van der Waals surface area contributed by atoms with Crippen LogP contribution >= 0.6 is 0 Å². The molecule has 0 aliphatic carbocycles. The second kappa shape index (κ2) is 56.3. The maximum absolute atomic E-state index is 13.4. The summed E-state index contributed by atoms with van der Waals surface area (Å²) >= 11 is 0. The van der Waals surface area contributed by atoms with Gasteiger partial charge >= 0.3 is 0 Å². The normalized spacial score (nSPS) is 27.7. The molecule has 0 spiro atoms. The lowest BCUT2D eigenvalue weighted by molar-refractivity contribution is -0.379. The molecule has 3 rings (SSSR count). The largest absolute Gasteiger partial charge is 0.394 e. The molecule has 0 aromatic rings. The summed E-state index contributed by atoms with van der Waals surface area (Å²) in [6, 6.07) is -0.998. The lowest BCUT2D eigenvalue weighted by atomic mass is 9.96. The van der Waals surface area contributed by atoms with Crippen molar-refractivity contribution in [2.75, 3.05) is 26.4 Å². The molecule has 3 fully saturated rings. The third kappa shape index (κ3) is 37.1. The highest BCUT2D eigenvalue weighted by atomic mass is 16.8. The molecule has 0 bridgehead atoms. The molecule has 0 aromatic heterocycles. The summed E-state index contributed by atoms with van der Waals surface area (Å²) < 4.78 is 34.4. The summed E-state index contributed by atoms with van der Waals surface area (Å²) in [4.78, 5) is 13.4. The zero-order valence-electron chi connectivity index (χ0n) is 58.2. The predicted molar refractivity (Wildman–Crippen MR) is 369 cm³/mol. The number of hydrogen-bond acceptors (Lipinski definition) is 18. The van der Waals surface area contributed by atoms with Crippen molar-refractivity contribution in [2.45, 2.75) is 381 Å². The van der Waals surface area contributed by atoms with Crippen molar-refractivity contribution in [1.82, 2.24) is 5.32 Å². The zero-order valence-corrected chi connectivity index (χ0v) is 58.2. The van der Waals surface area contributed by atoms with Crippen LogP contribution in [0.3, 0.4) is 0 Å². The molecule has 19 heteroatoms. The van der Waals surface area contributed by atoms with E-state index in [1.807, 2.05) is 6.08 Å². The van der Waals surface area contributed by atoms with E-state index in [0.29, 0.717) is 12.8 Å². The smallest absolute Gasteiger partial charge is 0.220 e. The van der Waals surface area contributed by atoms with Gasteiger partial charge in [-0.25, -0.2) is 0 Å². The first-order valence-corrected chi connectivity index (χ1v) is 37.5. The second-order valence-corrected chi connectivity index (χ2v) is 26.7. The summed E-state index contributed by atoms with van der Waals surface area (Å²) in [5.74, 6) is -0.287. The van der Waals surface area contributed by atoms with Crippen LogP contribution < -0.4 is 5.32 Å². The molecular formula is C75H135NO18. The van der Waals surface area contributed by atoms with Crippen LogP contribution in [0.15, 0.2) is 60.8 Å². The zero-order chi connectivity index (χ0) is 68.2. The van der Waals surface area contributed by atoms with Gasteiger partial charge in [-0.1, -0.05) is 254 Å². The van der Waals surface area contributed by atoms with Crippen LogP contribution in [0.2, 0.25) is 0 Å². The van der Waals surface area contributed by atoms with Crippen LogP contribution in [0.25, 0.3) is 0 Å². The highest BCUT2D eigenvalue weighted by Gasteiger charge is 2.53. The van der Waals surface area contributed by atoms with Crippen molar-refractivity contribution in [2.24, 2.45) is 0 Å². The van der Waals surface area contributed by atoms with Crippen LogP contribution in [-0.2, 0) is 33.2 Å². The Labute approximate surface area is 566 Å².